The normalized spacial score (nSPS) is 41.5. The standard InChI is InChI=1S/C33H48N2O2/c1-23(36)37-31-24(20-26-10-6-7-17-34(26)4)21-30-28-12-11-25-22-27(35(5)18-8-9-19-35)13-15-32(25,2)29(28)14-16-33(30,31)3/h6-7,10-11,17,20,27-31H,8-9,12-16,18-19,21-22H2,1-5H3/q+2/b24-20+/t27-,28?,29?,30?,31-,32-,33-/m0/s1. The Hall–Kier alpha value is -1.94. The van der Waals surface area contributed by atoms with Crippen molar-refractivity contribution in [3.05, 3.63) is 47.3 Å². The number of quaternary nitrogens is 1. The molecule has 1 aromatic rings. The highest BCUT2D eigenvalue weighted by atomic mass is 16.5. The molecule has 4 aliphatic carbocycles. The van der Waals surface area contributed by atoms with E-state index < -0.39 is 0 Å². The number of fused-ring (bicyclic) bond motifs is 5. The fraction of sp³-hybridized carbons (Fsp3) is 0.697. The number of pyridine rings is 1. The first-order valence-electron chi connectivity index (χ1n) is 15.0. The van der Waals surface area contributed by atoms with E-state index in [0.29, 0.717) is 17.3 Å². The molecule has 3 saturated carbocycles. The minimum Gasteiger partial charge on any atom is -0.457 e. The topological polar surface area (TPSA) is 30.2 Å². The van der Waals surface area contributed by atoms with Crippen molar-refractivity contribution in [3.63, 3.8) is 0 Å². The number of aryl methyl sites for hydroxylation is 1. The van der Waals surface area contributed by atoms with E-state index in [1.165, 1.54) is 73.8 Å². The number of esters is 1. The van der Waals surface area contributed by atoms with Crippen LogP contribution in [0.25, 0.3) is 6.08 Å². The van der Waals surface area contributed by atoms with Gasteiger partial charge in [0.1, 0.15) is 13.2 Å². The van der Waals surface area contributed by atoms with Gasteiger partial charge in [-0.2, -0.15) is 0 Å². The number of allylic oxidation sites excluding steroid dienone is 1. The molecule has 200 valence electrons. The summed E-state index contributed by atoms with van der Waals surface area (Å²) in [7, 11) is 4.63. The minimum absolute atomic E-state index is 0.0269. The van der Waals surface area contributed by atoms with Gasteiger partial charge in [-0.15, -0.1) is 0 Å². The third-order valence-electron chi connectivity index (χ3n) is 12.1. The predicted octanol–water partition coefficient (Wildman–Crippen LogP) is 6.01. The summed E-state index contributed by atoms with van der Waals surface area (Å²) in [6.07, 6.45) is 18.6. The summed E-state index contributed by atoms with van der Waals surface area (Å²) in [4.78, 5) is 12.3. The number of carbonyl (C=O) groups is 1. The van der Waals surface area contributed by atoms with Crippen LogP contribution in [0.4, 0.5) is 0 Å². The van der Waals surface area contributed by atoms with Gasteiger partial charge in [0.25, 0.3) is 0 Å². The zero-order valence-corrected chi connectivity index (χ0v) is 23.8. The maximum absolute atomic E-state index is 12.3. The van der Waals surface area contributed by atoms with Crippen LogP contribution in [0.15, 0.2) is 41.6 Å². The van der Waals surface area contributed by atoms with Crippen LogP contribution in [0.3, 0.4) is 0 Å². The van der Waals surface area contributed by atoms with Gasteiger partial charge in [-0.1, -0.05) is 25.5 Å². The average molecular weight is 505 g/mol. The zero-order chi connectivity index (χ0) is 26.0. The van der Waals surface area contributed by atoms with E-state index in [4.69, 9.17) is 4.74 Å². The predicted molar refractivity (Wildman–Crippen MR) is 147 cm³/mol. The first-order valence-corrected chi connectivity index (χ1v) is 15.0. The lowest BCUT2D eigenvalue weighted by molar-refractivity contribution is -0.923. The summed E-state index contributed by atoms with van der Waals surface area (Å²) in [5, 5.41) is 0. The molecular weight excluding hydrogens is 456 g/mol. The lowest BCUT2D eigenvalue weighted by Gasteiger charge is -2.58. The number of hydrogen-bond donors (Lipinski definition) is 0. The Kier molecular flexibility index (Phi) is 6.21. The van der Waals surface area contributed by atoms with Crippen LogP contribution < -0.4 is 4.57 Å². The molecule has 6 rings (SSSR count). The maximum atomic E-state index is 12.3. The fourth-order valence-electron chi connectivity index (χ4n) is 9.83. The lowest BCUT2D eigenvalue weighted by atomic mass is 9.47. The molecule has 3 unspecified atom stereocenters. The van der Waals surface area contributed by atoms with Crippen molar-refractivity contribution in [2.45, 2.75) is 90.7 Å². The number of nitrogens with zero attached hydrogens (tertiary/aromatic N) is 2. The maximum Gasteiger partial charge on any atom is 0.303 e. The van der Waals surface area contributed by atoms with E-state index in [1.807, 2.05) is 0 Å². The molecule has 4 heteroatoms. The summed E-state index contributed by atoms with van der Waals surface area (Å²) in [5.41, 5.74) is 4.68. The molecule has 0 N–H and O–H groups in total. The summed E-state index contributed by atoms with van der Waals surface area (Å²) in [5.74, 6) is 1.88. The van der Waals surface area contributed by atoms with Crippen LogP contribution in [-0.4, -0.2) is 42.7 Å². The number of likely N-dealkylation sites (tertiary alicyclic amines) is 1. The highest BCUT2D eigenvalue weighted by molar-refractivity contribution is 5.67. The van der Waals surface area contributed by atoms with Crippen LogP contribution >= 0.6 is 0 Å². The molecule has 37 heavy (non-hydrogen) atoms. The van der Waals surface area contributed by atoms with Crippen LogP contribution in [0.5, 0.6) is 0 Å². The summed E-state index contributed by atoms with van der Waals surface area (Å²) in [6.45, 7) is 9.41. The van der Waals surface area contributed by atoms with E-state index in [2.05, 4.69) is 69.1 Å². The van der Waals surface area contributed by atoms with Crippen molar-refractivity contribution < 1.29 is 18.6 Å². The summed E-state index contributed by atoms with van der Waals surface area (Å²) < 4.78 is 9.65. The second kappa shape index (κ2) is 9.07. The molecule has 1 aromatic heterocycles. The van der Waals surface area contributed by atoms with Gasteiger partial charge in [0.15, 0.2) is 6.20 Å². The first-order chi connectivity index (χ1) is 17.6. The Labute approximate surface area is 224 Å². The van der Waals surface area contributed by atoms with E-state index >= 15 is 0 Å². The molecule has 7 atom stereocenters. The van der Waals surface area contributed by atoms with E-state index in [0.717, 1.165) is 24.8 Å². The first kappa shape index (κ1) is 25.3. The number of rotatable bonds is 3. The Bertz CT molecular complexity index is 1130. The Balaban J connectivity index is 1.31. The van der Waals surface area contributed by atoms with Crippen molar-refractivity contribution in [2.24, 2.45) is 35.6 Å². The summed E-state index contributed by atoms with van der Waals surface area (Å²) in [6, 6.07) is 7.17. The molecule has 4 fully saturated rings. The lowest BCUT2D eigenvalue weighted by Crippen LogP contribution is -2.56. The highest BCUT2D eigenvalue weighted by Crippen LogP contribution is 2.66. The van der Waals surface area contributed by atoms with Gasteiger partial charge in [0.2, 0.25) is 5.69 Å². The molecule has 4 nitrogen and oxygen atoms in total. The number of carbonyl (C=O) groups excluding carboxylic acids is 1. The van der Waals surface area contributed by atoms with E-state index in [9.17, 15) is 4.79 Å². The molecule has 0 radical (unpaired) electrons. The third kappa shape index (κ3) is 4.04. The minimum atomic E-state index is -0.146. The Morgan fingerprint density at radius 3 is 2.62 bits per heavy atom. The number of hydrogen-bond acceptors (Lipinski definition) is 2. The monoisotopic (exact) mass is 504 g/mol. The van der Waals surface area contributed by atoms with Gasteiger partial charge in [0, 0.05) is 56.2 Å². The largest absolute Gasteiger partial charge is 0.457 e. The Morgan fingerprint density at radius 1 is 1.11 bits per heavy atom. The van der Waals surface area contributed by atoms with Gasteiger partial charge in [-0.25, -0.2) is 4.57 Å². The molecule has 0 bridgehead atoms. The van der Waals surface area contributed by atoms with Gasteiger partial charge in [-0.3, -0.25) is 4.79 Å². The average Bonchev–Trinajstić information content (AvgIpc) is 3.42. The van der Waals surface area contributed by atoms with Gasteiger partial charge < -0.3 is 9.22 Å². The second-order valence-corrected chi connectivity index (χ2v) is 14.0. The number of ether oxygens (including phenoxy) is 1. The van der Waals surface area contributed by atoms with Gasteiger partial charge in [0.05, 0.1) is 26.2 Å². The number of aromatic nitrogens is 1. The molecule has 0 spiro atoms. The van der Waals surface area contributed by atoms with Crippen LogP contribution in [0.1, 0.15) is 84.3 Å². The van der Waals surface area contributed by atoms with E-state index in [-0.39, 0.29) is 17.5 Å². The molecule has 1 saturated heterocycles. The van der Waals surface area contributed by atoms with Gasteiger partial charge in [-0.05, 0) is 66.9 Å². The molecule has 1 aliphatic heterocycles. The molecule has 0 aromatic carbocycles. The smallest absolute Gasteiger partial charge is 0.303 e. The summed E-state index contributed by atoms with van der Waals surface area (Å²) >= 11 is 0. The second-order valence-electron chi connectivity index (χ2n) is 14.0. The van der Waals surface area contributed by atoms with Crippen molar-refractivity contribution in [2.75, 3.05) is 20.1 Å². The van der Waals surface area contributed by atoms with E-state index in [1.54, 1.807) is 12.5 Å². The van der Waals surface area contributed by atoms with Crippen LogP contribution in [0.2, 0.25) is 0 Å². The zero-order valence-electron chi connectivity index (χ0n) is 23.8. The Morgan fingerprint density at radius 2 is 1.89 bits per heavy atom. The van der Waals surface area contributed by atoms with Crippen LogP contribution in [0, 0.1) is 28.6 Å². The molecule has 5 aliphatic rings. The van der Waals surface area contributed by atoms with Crippen molar-refractivity contribution in [3.8, 4) is 0 Å². The highest BCUT2D eigenvalue weighted by Gasteiger charge is 2.61. The SMILES string of the molecule is CC(=O)O[C@H]1/C(=C/c2cccc[n+]2C)CC2C3CC=C4C[C@@H]([N+]5(C)CCCC5)CC[C@]4(C)C3CC[C@@]21C. The van der Waals surface area contributed by atoms with Crippen LogP contribution in [-0.2, 0) is 16.6 Å². The molecular formula is C33H48N2O2+2. The van der Waals surface area contributed by atoms with Gasteiger partial charge >= 0.3 is 5.97 Å². The molecule has 0 amide bonds. The van der Waals surface area contributed by atoms with Crippen molar-refractivity contribution in [1.82, 2.24) is 0 Å². The molecule has 2 heterocycles. The van der Waals surface area contributed by atoms with Crippen molar-refractivity contribution >= 4 is 12.0 Å². The fourth-order valence-corrected chi connectivity index (χ4v) is 9.83. The quantitative estimate of drug-likeness (QED) is 0.218. The third-order valence-corrected chi connectivity index (χ3v) is 12.1. The van der Waals surface area contributed by atoms with Crippen molar-refractivity contribution in [1.29, 1.82) is 0 Å².